The monoisotopic (exact) mass is 205 g/mol. The Bertz CT molecular complexity index is 363. The van der Waals surface area contributed by atoms with Crippen molar-refractivity contribution in [2.45, 2.75) is 19.4 Å². The third-order valence-corrected chi connectivity index (χ3v) is 1.95. The van der Waals surface area contributed by atoms with Crippen LogP contribution in [0.25, 0.3) is 0 Å². The van der Waals surface area contributed by atoms with Crippen LogP contribution < -0.4 is 11.1 Å². The van der Waals surface area contributed by atoms with Gasteiger partial charge in [-0.2, -0.15) is 0 Å². The lowest BCUT2D eigenvalue weighted by atomic mass is 10.2. The van der Waals surface area contributed by atoms with Crippen LogP contribution in [0.2, 0.25) is 0 Å². The first-order chi connectivity index (χ1) is 7.13. The van der Waals surface area contributed by atoms with Crippen molar-refractivity contribution >= 4 is 11.6 Å². The fourth-order valence-electron chi connectivity index (χ4n) is 1.25. The van der Waals surface area contributed by atoms with Crippen molar-refractivity contribution in [2.24, 2.45) is 5.73 Å². The number of hydrogen-bond acceptors (Lipinski definition) is 3. The Morgan fingerprint density at radius 2 is 2.53 bits per heavy atom. The first kappa shape index (κ1) is 11.2. The number of amides is 1. The van der Waals surface area contributed by atoms with Crippen LogP contribution in [0.1, 0.15) is 23.8 Å². The van der Waals surface area contributed by atoms with E-state index in [4.69, 9.17) is 5.73 Å². The Morgan fingerprint density at radius 3 is 3.13 bits per heavy atom. The van der Waals surface area contributed by atoms with Gasteiger partial charge in [-0.15, -0.1) is 6.58 Å². The first-order valence-corrected chi connectivity index (χ1v) is 4.76. The zero-order chi connectivity index (χ0) is 11.3. The lowest BCUT2D eigenvalue weighted by Crippen LogP contribution is -2.16. The largest absolute Gasteiger partial charge is 0.382 e. The Labute approximate surface area is 89.2 Å². The molecule has 4 heteroatoms. The molecule has 3 N–H and O–H groups in total. The van der Waals surface area contributed by atoms with Gasteiger partial charge in [0.1, 0.15) is 5.69 Å². The van der Waals surface area contributed by atoms with Crippen LogP contribution in [0.15, 0.2) is 31.0 Å². The fraction of sp³-hybridized carbons (Fsp3) is 0.273. The molecule has 0 spiro atoms. The van der Waals surface area contributed by atoms with Crippen molar-refractivity contribution in [3.8, 4) is 0 Å². The van der Waals surface area contributed by atoms with E-state index in [0.717, 1.165) is 12.1 Å². The van der Waals surface area contributed by atoms with Crippen LogP contribution in [0, 0.1) is 0 Å². The number of aromatic nitrogens is 1. The second kappa shape index (κ2) is 5.14. The van der Waals surface area contributed by atoms with Gasteiger partial charge in [0.05, 0.1) is 0 Å². The normalized spacial score (nSPS) is 11.8. The molecule has 1 amide bonds. The summed E-state index contributed by atoms with van der Waals surface area (Å²) in [6.45, 7) is 5.70. The molecule has 0 saturated heterocycles. The van der Waals surface area contributed by atoms with Crippen molar-refractivity contribution in [3.63, 3.8) is 0 Å². The molecule has 4 nitrogen and oxygen atoms in total. The summed E-state index contributed by atoms with van der Waals surface area (Å²) < 4.78 is 0. The molecular weight excluding hydrogens is 190 g/mol. The van der Waals surface area contributed by atoms with E-state index < -0.39 is 5.91 Å². The van der Waals surface area contributed by atoms with Crippen LogP contribution >= 0.6 is 0 Å². The average molecular weight is 205 g/mol. The Kier molecular flexibility index (Phi) is 3.85. The van der Waals surface area contributed by atoms with Gasteiger partial charge in [-0.1, -0.05) is 6.08 Å². The summed E-state index contributed by atoms with van der Waals surface area (Å²) in [6, 6.07) is 3.71. The maximum Gasteiger partial charge on any atom is 0.267 e. The van der Waals surface area contributed by atoms with Gasteiger partial charge < -0.3 is 11.1 Å². The predicted molar refractivity (Wildman–Crippen MR) is 60.7 cm³/mol. The van der Waals surface area contributed by atoms with Crippen LogP contribution in [0.5, 0.6) is 0 Å². The van der Waals surface area contributed by atoms with Crippen molar-refractivity contribution < 1.29 is 4.79 Å². The molecule has 0 aliphatic heterocycles. The minimum Gasteiger partial charge on any atom is -0.382 e. The Balaban J connectivity index is 2.73. The van der Waals surface area contributed by atoms with Crippen LogP contribution in [-0.4, -0.2) is 16.9 Å². The lowest BCUT2D eigenvalue weighted by Gasteiger charge is -2.13. The quantitative estimate of drug-likeness (QED) is 0.717. The highest BCUT2D eigenvalue weighted by atomic mass is 16.1. The highest BCUT2D eigenvalue weighted by Crippen LogP contribution is 2.10. The molecular formula is C11H15N3O. The number of carbonyl (C=O) groups excluding carboxylic acids is 1. The van der Waals surface area contributed by atoms with E-state index in [1.807, 2.05) is 13.0 Å². The maximum atomic E-state index is 10.9. The van der Waals surface area contributed by atoms with E-state index in [1.165, 1.54) is 0 Å². The zero-order valence-electron chi connectivity index (χ0n) is 8.73. The number of rotatable bonds is 5. The van der Waals surface area contributed by atoms with Crippen molar-refractivity contribution in [3.05, 3.63) is 36.7 Å². The molecule has 1 atom stereocenters. The second-order valence-electron chi connectivity index (χ2n) is 3.36. The number of hydrogen-bond donors (Lipinski definition) is 2. The SMILES string of the molecule is C=CCC(C)Nc1ccnc(C(N)=O)c1. The highest BCUT2D eigenvalue weighted by molar-refractivity contribution is 5.91. The highest BCUT2D eigenvalue weighted by Gasteiger charge is 2.04. The smallest absolute Gasteiger partial charge is 0.267 e. The molecule has 0 aromatic carbocycles. The number of pyridine rings is 1. The summed E-state index contributed by atoms with van der Waals surface area (Å²) in [7, 11) is 0. The summed E-state index contributed by atoms with van der Waals surface area (Å²) in [4.78, 5) is 14.7. The third-order valence-electron chi connectivity index (χ3n) is 1.95. The molecule has 0 saturated carbocycles. The lowest BCUT2D eigenvalue weighted by molar-refractivity contribution is 0.0995. The Hall–Kier alpha value is -1.84. The number of carbonyl (C=O) groups is 1. The number of nitrogens with zero attached hydrogens (tertiary/aromatic N) is 1. The first-order valence-electron chi connectivity index (χ1n) is 4.76. The van der Waals surface area contributed by atoms with Gasteiger partial charge in [-0.05, 0) is 25.5 Å². The van der Waals surface area contributed by atoms with Gasteiger partial charge in [0.15, 0.2) is 0 Å². The third kappa shape index (κ3) is 3.42. The van der Waals surface area contributed by atoms with Gasteiger partial charge in [-0.25, -0.2) is 0 Å². The summed E-state index contributed by atoms with van der Waals surface area (Å²) in [5, 5.41) is 3.22. The standard InChI is InChI=1S/C11H15N3O/c1-3-4-8(2)14-9-5-6-13-10(7-9)11(12)15/h3,5-8H,1,4H2,2H3,(H2,12,15)(H,13,14). The number of anilines is 1. The predicted octanol–water partition coefficient (Wildman–Crippen LogP) is 1.56. The van der Waals surface area contributed by atoms with E-state index in [0.29, 0.717) is 0 Å². The van der Waals surface area contributed by atoms with Crippen molar-refractivity contribution in [1.29, 1.82) is 0 Å². The Morgan fingerprint density at radius 1 is 1.80 bits per heavy atom. The number of primary amides is 1. The molecule has 0 fully saturated rings. The maximum absolute atomic E-state index is 10.9. The van der Waals surface area contributed by atoms with Crippen LogP contribution in [-0.2, 0) is 0 Å². The molecule has 80 valence electrons. The molecule has 1 rings (SSSR count). The molecule has 0 radical (unpaired) electrons. The van der Waals surface area contributed by atoms with Crippen LogP contribution in [0.3, 0.4) is 0 Å². The van der Waals surface area contributed by atoms with Crippen LogP contribution in [0.4, 0.5) is 5.69 Å². The molecule has 1 aromatic heterocycles. The molecule has 0 aliphatic carbocycles. The minimum absolute atomic E-state index is 0.269. The van der Waals surface area contributed by atoms with E-state index in [-0.39, 0.29) is 11.7 Å². The van der Waals surface area contributed by atoms with E-state index >= 15 is 0 Å². The zero-order valence-corrected chi connectivity index (χ0v) is 8.73. The van der Waals surface area contributed by atoms with Gasteiger partial charge in [-0.3, -0.25) is 9.78 Å². The van der Waals surface area contributed by atoms with E-state index in [2.05, 4.69) is 16.9 Å². The minimum atomic E-state index is -0.518. The average Bonchev–Trinajstić information content (AvgIpc) is 2.18. The molecule has 1 aromatic rings. The molecule has 15 heavy (non-hydrogen) atoms. The summed E-state index contributed by atoms with van der Waals surface area (Å²) in [6.07, 6.45) is 4.26. The molecule has 1 heterocycles. The molecule has 0 bridgehead atoms. The number of nitrogens with two attached hydrogens (primary N) is 1. The summed E-state index contributed by atoms with van der Waals surface area (Å²) in [5.41, 5.74) is 6.24. The molecule has 0 aliphatic rings. The second-order valence-corrected chi connectivity index (χ2v) is 3.36. The van der Waals surface area contributed by atoms with E-state index in [9.17, 15) is 4.79 Å². The van der Waals surface area contributed by atoms with Gasteiger partial charge in [0.25, 0.3) is 5.91 Å². The van der Waals surface area contributed by atoms with Gasteiger partial charge in [0.2, 0.25) is 0 Å². The number of nitrogens with one attached hydrogen (secondary N) is 1. The van der Waals surface area contributed by atoms with Crippen molar-refractivity contribution in [1.82, 2.24) is 4.98 Å². The van der Waals surface area contributed by atoms with E-state index in [1.54, 1.807) is 18.3 Å². The summed E-state index contributed by atoms with van der Waals surface area (Å²) >= 11 is 0. The summed E-state index contributed by atoms with van der Waals surface area (Å²) in [5.74, 6) is -0.518. The topological polar surface area (TPSA) is 68.0 Å². The molecule has 1 unspecified atom stereocenters. The van der Waals surface area contributed by atoms with Gasteiger partial charge in [0, 0.05) is 17.9 Å². The fourth-order valence-corrected chi connectivity index (χ4v) is 1.25. The van der Waals surface area contributed by atoms with Gasteiger partial charge >= 0.3 is 0 Å². The van der Waals surface area contributed by atoms with Crippen molar-refractivity contribution in [2.75, 3.05) is 5.32 Å².